The zero-order chi connectivity index (χ0) is 14.5. The molecular formula is C11H14BrF3N2O2. The number of aliphatic hydroxyl groups is 1. The Balaban J connectivity index is 2.68. The summed E-state index contributed by atoms with van der Waals surface area (Å²) in [6.45, 7) is 0.309. The Morgan fingerprint density at radius 2 is 2.21 bits per heavy atom. The third-order valence-corrected chi connectivity index (χ3v) is 2.72. The Labute approximate surface area is 117 Å². The molecule has 2 N–H and O–H groups in total. The van der Waals surface area contributed by atoms with Gasteiger partial charge in [-0.3, -0.25) is 0 Å². The third kappa shape index (κ3) is 5.33. The van der Waals surface area contributed by atoms with Crippen molar-refractivity contribution in [3.8, 4) is 0 Å². The molecule has 0 aliphatic heterocycles. The van der Waals surface area contributed by atoms with Crippen LogP contribution in [0.15, 0.2) is 16.7 Å². The number of nitrogens with zero attached hydrogens (tertiary/aromatic N) is 1. The molecule has 0 fully saturated rings. The minimum atomic E-state index is -4.48. The molecule has 1 unspecified atom stereocenters. The largest absolute Gasteiger partial charge is 0.419 e. The SMILES string of the molecule is COCC(O)CCNc1ncc(Br)cc1C(F)(F)F. The van der Waals surface area contributed by atoms with E-state index in [1.54, 1.807) is 0 Å². The summed E-state index contributed by atoms with van der Waals surface area (Å²) in [5.41, 5.74) is -0.844. The molecule has 19 heavy (non-hydrogen) atoms. The minimum Gasteiger partial charge on any atom is -0.391 e. The first-order valence-electron chi connectivity index (χ1n) is 5.48. The molecule has 1 aromatic rings. The monoisotopic (exact) mass is 342 g/mol. The standard InChI is InChI=1S/C11H14BrF3N2O2/c1-19-6-8(18)2-3-16-10-9(11(13,14)15)4-7(12)5-17-10/h4-5,8,18H,2-3,6H2,1H3,(H,16,17). The second kappa shape index (κ2) is 7.06. The van der Waals surface area contributed by atoms with Crippen LogP contribution in [-0.2, 0) is 10.9 Å². The lowest BCUT2D eigenvalue weighted by Crippen LogP contribution is -2.20. The van der Waals surface area contributed by atoms with Gasteiger partial charge in [-0.2, -0.15) is 13.2 Å². The maximum absolute atomic E-state index is 12.8. The maximum Gasteiger partial charge on any atom is 0.419 e. The number of nitrogens with one attached hydrogen (secondary N) is 1. The van der Waals surface area contributed by atoms with Crippen molar-refractivity contribution in [1.82, 2.24) is 4.98 Å². The fourth-order valence-electron chi connectivity index (χ4n) is 1.43. The summed E-state index contributed by atoms with van der Waals surface area (Å²) in [6.07, 6.45) is -3.65. The Bertz CT molecular complexity index is 415. The Hall–Kier alpha value is -0.860. The average Bonchev–Trinajstić information content (AvgIpc) is 2.30. The highest BCUT2D eigenvalue weighted by atomic mass is 79.9. The quantitative estimate of drug-likeness (QED) is 0.834. The summed E-state index contributed by atoms with van der Waals surface area (Å²) in [7, 11) is 1.44. The lowest BCUT2D eigenvalue weighted by Gasteiger charge is -2.15. The lowest BCUT2D eigenvalue weighted by molar-refractivity contribution is -0.137. The van der Waals surface area contributed by atoms with E-state index in [1.807, 2.05) is 0 Å². The van der Waals surface area contributed by atoms with Gasteiger partial charge in [-0.05, 0) is 28.4 Å². The molecule has 1 heterocycles. The van der Waals surface area contributed by atoms with Crippen LogP contribution >= 0.6 is 15.9 Å². The summed E-state index contributed by atoms with van der Waals surface area (Å²) in [5.74, 6) is -0.250. The van der Waals surface area contributed by atoms with Gasteiger partial charge in [0.15, 0.2) is 0 Å². The molecule has 1 rings (SSSR count). The van der Waals surface area contributed by atoms with Crippen molar-refractivity contribution < 1.29 is 23.0 Å². The number of anilines is 1. The van der Waals surface area contributed by atoms with Crippen molar-refractivity contribution >= 4 is 21.7 Å². The molecule has 1 atom stereocenters. The number of aromatic nitrogens is 1. The molecule has 0 aliphatic rings. The molecule has 8 heteroatoms. The fourth-order valence-corrected chi connectivity index (χ4v) is 1.76. The predicted molar refractivity (Wildman–Crippen MR) is 67.9 cm³/mol. The average molecular weight is 343 g/mol. The van der Waals surface area contributed by atoms with E-state index in [4.69, 9.17) is 4.74 Å². The van der Waals surface area contributed by atoms with Gasteiger partial charge in [-0.15, -0.1) is 0 Å². The fraction of sp³-hybridized carbons (Fsp3) is 0.545. The molecule has 1 aromatic heterocycles. The molecule has 0 saturated carbocycles. The van der Waals surface area contributed by atoms with Crippen molar-refractivity contribution in [2.24, 2.45) is 0 Å². The Kier molecular flexibility index (Phi) is 6.02. The van der Waals surface area contributed by atoms with E-state index in [0.717, 1.165) is 6.07 Å². The van der Waals surface area contributed by atoms with Gasteiger partial charge in [-0.25, -0.2) is 4.98 Å². The third-order valence-electron chi connectivity index (χ3n) is 2.29. The van der Waals surface area contributed by atoms with Crippen LogP contribution in [0.25, 0.3) is 0 Å². The molecule has 0 bridgehead atoms. The van der Waals surface area contributed by atoms with E-state index in [2.05, 4.69) is 26.2 Å². The van der Waals surface area contributed by atoms with Gasteiger partial charge in [0.25, 0.3) is 0 Å². The van der Waals surface area contributed by atoms with Crippen LogP contribution in [0.3, 0.4) is 0 Å². The molecule has 0 amide bonds. The number of hydrogen-bond acceptors (Lipinski definition) is 4. The van der Waals surface area contributed by atoms with Gasteiger partial charge in [0.05, 0.1) is 18.3 Å². The second-order valence-electron chi connectivity index (χ2n) is 3.87. The van der Waals surface area contributed by atoms with Gasteiger partial charge in [0, 0.05) is 24.3 Å². The summed E-state index contributed by atoms with van der Waals surface area (Å²) in [4.78, 5) is 3.70. The van der Waals surface area contributed by atoms with Crippen molar-refractivity contribution in [2.75, 3.05) is 25.6 Å². The first-order valence-corrected chi connectivity index (χ1v) is 6.27. The molecule has 0 saturated heterocycles. The van der Waals surface area contributed by atoms with Gasteiger partial charge >= 0.3 is 6.18 Å². The summed E-state index contributed by atoms with van der Waals surface area (Å²) in [6, 6.07) is 0.959. The van der Waals surface area contributed by atoms with Crippen LogP contribution in [0.1, 0.15) is 12.0 Å². The van der Waals surface area contributed by atoms with Crippen LogP contribution in [0.4, 0.5) is 19.0 Å². The molecule has 0 radical (unpaired) electrons. The van der Waals surface area contributed by atoms with E-state index in [9.17, 15) is 18.3 Å². The van der Waals surface area contributed by atoms with E-state index in [-0.39, 0.29) is 29.9 Å². The smallest absolute Gasteiger partial charge is 0.391 e. The van der Waals surface area contributed by atoms with Gasteiger partial charge in [-0.1, -0.05) is 0 Å². The topological polar surface area (TPSA) is 54.4 Å². The number of pyridine rings is 1. The second-order valence-corrected chi connectivity index (χ2v) is 4.79. The minimum absolute atomic E-state index is 0.140. The van der Waals surface area contributed by atoms with Crippen LogP contribution in [0, 0.1) is 0 Å². The van der Waals surface area contributed by atoms with Gasteiger partial charge in [0.1, 0.15) is 5.82 Å². The summed E-state index contributed by atoms with van der Waals surface area (Å²) < 4.78 is 43.3. The van der Waals surface area contributed by atoms with E-state index < -0.39 is 17.8 Å². The summed E-state index contributed by atoms with van der Waals surface area (Å²) in [5, 5.41) is 12.0. The van der Waals surface area contributed by atoms with Crippen molar-refractivity contribution in [3.63, 3.8) is 0 Å². The zero-order valence-corrected chi connectivity index (χ0v) is 11.8. The highest BCUT2D eigenvalue weighted by Gasteiger charge is 2.34. The van der Waals surface area contributed by atoms with Crippen molar-refractivity contribution in [1.29, 1.82) is 0 Å². The number of ether oxygens (including phenoxy) is 1. The first kappa shape index (κ1) is 16.2. The highest BCUT2D eigenvalue weighted by molar-refractivity contribution is 9.10. The number of rotatable bonds is 6. The van der Waals surface area contributed by atoms with E-state index in [1.165, 1.54) is 13.3 Å². The normalized spacial score (nSPS) is 13.4. The van der Waals surface area contributed by atoms with Crippen LogP contribution < -0.4 is 5.32 Å². The maximum atomic E-state index is 12.8. The lowest BCUT2D eigenvalue weighted by atomic mass is 10.2. The molecule has 4 nitrogen and oxygen atoms in total. The number of alkyl halides is 3. The number of hydrogen-bond donors (Lipinski definition) is 2. The van der Waals surface area contributed by atoms with E-state index >= 15 is 0 Å². The number of halogens is 4. The Morgan fingerprint density at radius 3 is 2.79 bits per heavy atom. The molecule has 0 aromatic carbocycles. The molecule has 0 aliphatic carbocycles. The highest BCUT2D eigenvalue weighted by Crippen LogP contribution is 2.35. The van der Waals surface area contributed by atoms with Crippen LogP contribution in [0.5, 0.6) is 0 Å². The van der Waals surface area contributed by atoms with Gasteiger partial charge in [0.2, 0.25) is 0 Å². The molecular weight excluding hydrogens is 329 g/mol. The number of aliphatic hydroxyl groups excluding tert-OH is 1. The predicted octanol–water partition coefficient (Wildman–Crippen LogP) is 2.67. The van der Waals surface area contributed by atoms with E-state index in [0.29, 0.717) is 0 Å². The van der Waals surface area contributed by atoms with Crippen molar-refractivity contribution in [2.45, 2.75) is 18.7 Å². The van der Waals surface area contributed by atoms with Crippen LogP contribution in [-0.4, -0.2) is 36.5 Å². The molecule has 0 spiro atoms. The number of methoxy groups -OCH3 is 1. The Morgan fingerprint density at radius 1 is 1.53 bits per heavy atom. The van der Waals surface area contributed by atoms with Crippen LogP contribution in [0.2, 0.25) is 0 Å². The first-order chi connectivity index (χ1) is 8.84. The van der Waals surface area contributed by atoms with Crippen molar-refractivity contribution in [3.05, 3.63) is 22.3 Å². The molecule has 108 valence electrons. The van der Waals surface area contributed by atoms with Gasteiger partial charge < -0.3 is 15.2 Å². The summed E-state index contributed by atoms with van der Waals surface area (Å²) >= 11 is 2.95. The zero-order valence-electron chi connectivity index (χ0n) is 10.2.